The lowest BCUT2D eigenvalue weighted by Gasteiger charge is -2.18. The number of hydrogen-bond donors (Lipinski definition) is 0. The van der Waals surface area contributed by atoms with E-state index in [1.807, 2.05) is 26.0 Å². The minimum absolute atomic E-state index is 0.291. The van der Waals surface area contributed by atoms with Gasteiger partial charge >= 0.3 is 0 Å². The number of aromatic nitrogens is 1. The zero-order valence-electron chi connectivity index (χ0n) is 12.7. The molecule has 2 aromatic rings. The topological polar surface area (TPSA) is 62.6 Å². The average molecular weight is 317 g/mol. The summed E-state index contributed by atoms with van der Waals surface area (Å²) in [6, 6.07) is 10.3. The highest BCUT2D eigenvalue weighted by Crippen LogP contribution is 2.19. The van der Waals surface area contributed by atoms with Crippen LogP contribution in [0.15, 0.2) is 58.7 Å². The first-order chi connectivity index (χ1) is 10.6. The quantitative estimate of drug-likeness (QED) is 0.770. The van der Waals surface area contributed by atoms with Crippen LogP contribution in [0.2, 0.25) is 0 Å². The van der Waals surface area contributed by atoms with Crippen molar-refractivity contribution < 1.29 is 8.42 Å². The van der Waals surface area contributed by atoms with E-state index in [-0.39, 0.29) is 0 Å². The first-order valence-electron chi connectivity index (χ1n) is 7.12. The molecule has 0 spiro atoms. The first kappa shape index (κ1) is 16.3. The van der Waals surface area contributed by atoms with Gasteiger partial charge in [-0.1, -0.05) is 13.8 Å². The summed E-state index contributed by atoms with van der Waals surface area (Å²) >= 11 is 0. The lowest BCUT2D eigenvalue weighted by Crippen LogP contribution is -2.30. The molecule has 0 aliphatic carbocycles. The zero-order chi connectivity index (χ0) is 16.0. The molecule has 0 amide bonds. The summed E-state index contributed by atoms with van der Waals surface area (Å²) in [4.78, 5) is 8.55. The third-order valence-electron chi connectivity index (χ3n) is 3.25. The molecule has 1 heterocycles. The van der Waals surface area contributed by atoms with Gasteiger partial charge < -0.3 is 0 Å². The Balaban J connectivity index is 2.19. The van der Waals surface area contributed by atoms with E-state index in [4.69, 9.17) is 0 Å². The van der Waals surface area contributed by atoms with Crippen molar-refractivity contribution >= 4 is 21.9 Å². The van der Waals surface area contributed by atoms with Crippen LogP contribution in [-0.2, 0) is 10.0 Å². The predicted molar refractivity (Wildman–Crippen MR) is 88.0 cm³/mol. The maximum atomic E-state index is 12.4. The first-order valence-corrected chi connectivity index (χ1v) is 8.56. The molecule has 2 rings (SSSR count). The molecule has 6 heteroatoms. The van der Waals surface area contributed by atoms with Gasteiger partial charge in [0.15, 0.2) is 0 Å². The maximum absolute atomic E-state index is 12.4. The van der Waals surface area contributed by atoms with E-state index in [1.165, 1.54) is 4.31 Å². The Morgan fingerprint density at radius 3 is 2.18 bits per heavy atom. The monoisotopic (exact) mass is 317 g/mol. The summed E-state index contributed by atoms with van der Waals surface area (Å²) in [5.74, 6) is 0. The van der Waals surface area contributed by atoms with Crippen LogP contribution in [-0.4, -0.2) is 37.0 Å². The molecule has 0 N–H and O–H groups in total. The molecule has 0 unspecified atom stereocenters. The van der Waals surface area contributed by atoms with Crippen molar-refractivity contribution in [2.75, 3.05) is 13.1 Å². The SMILES string of the molecule is CCN(CC)S(=O)(=O)c1ccc(N=Cc2ccncc2)cc1. The zero-order valence-corrected chi connectivity index (χ0v) is 13.5. The van der Waals surface area contributed by atoms with Crippen LogP contribution in [0.3, 0.4) is 0 Å². The Kier molecular flexibility index (Phi) is 5.41. The number of sulfonamides is 1. The van der Waals surface area contributed by atoms with Crippen molar-refractivity contribution in [3.8, 4) is 0 Å². The van der Waals surface area contributed by atoms with Crippen LogP contribution in [0.4, 0.5) is 5.69 Å². The van der Waals surface area contributed by atoms with Crippen LogP contribution in [0.5, 0.6) is 0 Å². The lowest BCUT2D eigenvalue weighted by molar-refractivity contribution is 0.445. The maximum Gasteiger partial charge on any atom is 0.243 e. The van der Waals surface area contributed by atoms with Gasteiger partial charge in [-0.25, -0.2) is 8.42 Å². The van der Waals surface area contributed by atoms with Gasteiger partial charge in [0.2, 0.25) is 10.0 Å². The number of rotatable bonds is 6. The molecular weight excluding hydrogens is 298 g/mol. The van der Waals surface area contributed by atoms with Crippen molar-refractivity contribution in [2.24, 2.45) is 4.99 Å². The lowest BCUT2D eigenvalue weighted by atomic mass is 10.3. The number of pyridine rings is 1. The highest BCUT2D eigenvalue weighted by molar-refractivity contribution is 7.89. The van der Waals surface area contributed by atoms with Crippen LogP contribution in [0.25, 0.3) is 0 Å². The van der Waals surface area contributed by atoms with Crippen molar-refractivity contribution in [2.45, 2.75) is 18.7 Å². The van der Waals surface area contributed by atoms with Crippen LogP contribution >= 0.6 is 0 Å². The molecular formula is C16H19N3O2S. The van der Waals surface area contributed by atoms with Crippen LogP contribution in [0, 0.1) is 0 Å². The van der Waals surface area contributed by atoms with Gasteiger partial charge in [-0.05, 0) is 42.0 Å². The molecule has 0 fully saturated rings. The van der Waals surface area contributed by atoms with E-state index >= 15 is 0 Å². The van der Waals surface area contributed by atoms with Gasteiger partial charge in [0.25, 0.3) is 0 Å². The third kappa shape index (κ3) is 3.78. The summed E-state index contributed by atoms with van der Waals surface area (Å²) in [5, 5.41) is 0. The molecule has 0 bridgehead atoms. The second-order valence-electron chi connectivity index (χ2n) is 4.62. The molecule has 116 valence electrons. The predicted octanol–water partition coefficient (Wildman–Crippen LogP) is 2.86. The summed E-state index contributed by atoms with van der Waals surface area (Å²) in [6.45, 7) is 4.57. The molecule has 0 saturated carbocycles. The Hall–Kier alpha value is -2.05. The van der Waals surface area contributed by atoms with Crippen LogP contribution in [0.1, 0.15) is 19.4 Å². The highest BCUT2D eigenvalue weighted by atomic mass is 32.2. The van der Waals surface area contributed by atoms with Gasteiger partial charge in [-0.2, -0.15) is 4.31 Å². The minimum Gasteiger partial charge on any atom is -0.265 e. The van der Waals surface area contributed by atoms with Crippen LogP contribution < -0.4 is 0 Å². The number of aliphatic imine (C=N–C) groups is 1. The van der Waals surface area contributed by atoms with Crippen molar-refractivity contribution in [1.29, 1.82) is 0 Å². The standard InChI is InChI=1S/C16H19N3O2S/c1-3-19(4-2)22(20,21)16-7-5-15(6-8-16)18-13-14-9-11-17-12-10-14/h5-13H,3-4H2,1-2H3. The summed E-state index contributed by atoms with van der Waals surface area (Å²) in [7, 11) is -3.41. The normalized spacial score (nSPS) is 12.1. The van der Waals surface area contributed by atoms with Gasteiger partial charge in [-0.15, -0.1) is 0 Å². The number of nitrogens with zero attached hydrogens (tertiary/aromatic N) is 3. The number of benzene rings is 1. The molecule has 1 aromatic carbocycles. The molecule has 0 aliphatic heterocycles. The van der Waals surface area contributed by atoms with E-state index in [9.17, 15) is 8.42 Å². The third-order valence-corrected chi connectivity index (χ3v) is 5.31. The van der Waals surface area contributed by atoms with Gasteiger partial charge in [-0.3, -0.25) is 9.98 Å². The molecule has 0 aliphatic rings. The Morgan fingerprint density at radius 2 is 1.64 bits per heavy atom. The van der Waals surface area contributed by atoms with Gasteiger partial charge in [0, 0.05) is 31.7 Å². The summed E-state index contributed by atoms with van der Waals surface area (Å²) < 4.78 is 26.2. The van der Waals surface area contributed by atoms with Crippen molar-refractivity contribution in [3.05, 3.63) is 54.4 Å². The Morgan fingerprint density at radius 1 is 1.05 bits per heavy atom. The molecule has 22 heavy (non-hydrogen) atoms. The molecule has 1 aromatic heterocycles. The van der Waals surface area contributed by atoms with Crippen molar-refractivity contribution in [3.63, 3.8) is 0 Å². The van der Waals surface area contributed by atoms with Gasteiger partial charge in [0.05, 0.1) is 10.6 Å². The average Bonchev–Trinajstić information content (AvgIpc) is 2.55. The second-order valence-corrected chi connectivity index (χ2v) is 6.56. The fourth-order valence-electron chi connectivity index (χ4n) is 2.02. The Bertz CT molecular complexity index is 722. The number of hydrogen-bond acceptors (Lipinski definition) is 4. The van der Waals surface area contributed by atoms with E-state index in [0.29, 0.717) is 23.7 Å². The Labute approximate surface area is 131 Å². The summed E-state index contributed by atoms with van der Waals surface area (Å²) in [5.41, 5.74) is 1.64. The largest absolute Gasteiger partial charge is 0.265 e. The molecule has 5 nitrogen and oxygen atoms in total. The fraction of sp³-hybridized carbons (Fsp3) is 0.250. The van der Waals surface area contributed by atoms with E-state index < -0.39 is 10.0 Å². The fourth-order valence-corrected chi connectivity index (χ4v) is 3.47. The second kappa shape index (κ2) is 7.29. The van der Waals surface area contributed by atoms with E-state index in [0.717, 1.165) is 5.56 Å². The van der Waals surface area contributed by atoms with Crippen molar-refractivity contribution in [1.82, 2.24) is 9.29 Å². The van der Waals surface area contributed by atoms with E-state index in [1.54, 1.807) is 42.9 Å². The molecule has 0 radical (unpaired) electrons. The summed E-state index contributed by atoms with van der Waals surface area (Å²) in [6.07, 6.45) is 5.11. The molecule has 0 saturated heterocycles. The van der Waals surface area contributed by atoms with Gasteiger partial charge in [0.1, 0.15) is 0 Å². The minimum atomic E-state index is -3.41. The smallest absolute Gasteiger partial charge is 0.243 e. The molecule has 0 atom stereocenters. The highest BCUT2D eigenvalue weighted by Gasteiger charge is 2.20. The van der Waals surface area contributed by atoms with E-state index in [2.05, 4.69) is 9.98 Å².